The van der Waals surface area contributed by atoms with Crippen LogP contribution in [0.4, 0.5) is 0 Å². The van der Waals surface area contributed by atoms with Gasteiger partial charge in [-0.1, -0.05) is 6.08 Å². The van der Waals surface area contributed by atoms with Gasteiger partial charge in [-0.25, -0.2) is 0 Å². The fourth-order valence-corrected chi connectivity index (χ4v) is 1.93. The van der Waals surface area contributed by atoms with Crippen molar-refractivity contribution in [1.82, 2.24) is 0 Å². The van der Waals surface area contributed by atoms with Gasteiger partial charge in [-0.2, -0.15) is 5.26 Å². The van der Waals surface area contributed by atoms with Gasteiger partial charge in [-0.15, -0.1) is 6.58 Å². The first-order valence-corrected chi connectivity index (χ1v) is 6.16. The zero-order chi connectivity index (χ0) is 15.0. The molecular weight excluding hydrogens is 254 g/mol. The van der Waals surface area contributed by atoms with E-state index in [2.05, 4.69) is 12.6 Å². The zero-order valence-corrected chi connectivity index (χ0v) is 12.1. The Morgan fingerprint density at radius 3 is 2.25 bits per heavy atom. The third-order valence-electron chi connectivity index (χ3n) is 2.85. The average Bonchev–Trinajstić information content (AvgIpc) is 2.47. The van der Waals surface area contributed by atoms with Crippen molar-refractivity contribution in [2.45, 2.75) is 12.8 Å². The van der Waals surface area contributed by atoms with Gasteiger partial charge in [0.15, 0.2) is 11.5 Å². The Kier molecular flexibility index (Phi) is 6.18. The molecule has 0 aliphatic carbocycles. The monoisotopic (exact) mass is 273 g/mol. The van der Waals surface area contributed by atoms with E-state index in [0.717, 1.165) is 11.1 Å². The van der Waals surface area contributed by atoms with E-state index >= 15 is 0 Å². The number of nitriles is 1. The van der Waals surface area contributed by atoms with Crippen LogP contribution in [0.1, 0.15) is 11.1 Å². The third-order valence-corrected chi connectivity index (χ3v) is 2.85. The van der Waals surface area contributed by atoms with Gasteiger partial charge >= 0.3 is 0 Å². The second-order valence-corrected chi connectivity index (χ2v) is 4.14. The van der Waals surface area contributed by atoms with Gasteiger partial charge in [0.25, 0.3) is 0 Å². The molecule has 0 atom stereocenters. The number of methoxy groups -OCH3 is 3. The highest BCUT2D eigenvalue weighted by Gasteiger charge is 2.12. The summed E-state index contributed by atoms with van der Waals surface area (Å²) in [5, 5.41) is 9.09. The summed E-state index contributed by atoms with van der Waals surface area (Å²) >= 11 is 0. The maximum atomic E-state index is 9.09. The molecule has 0 aliphatic heterocycles. The minimum Gasteiger partial charge on any atom is -0.503 e. The standard InChI is InChI=1S/C16H19NO3/c1-5-6-13-8-15(19-3)16(20-4)9-14(13)7-12(10-17)11-18-2/h5,8-9,11H,1,6-7H2,2-4H3. The predicted molar refractivity (Wildman–Crippen MR) is 77.9 cm³/mol. The van der Waals surface area contributed by atoms with Gasteiger partial charge in [-0.3, -0.25) is 0 Å². The smallest absolute Gasteiger partial charge is 0.161 e. The van der Waals surface area contributed by atoms with Crippen LogP contribution in [0.3, 0.4) is 0 Å². The molecule has 0 unspecified atom stereocenters. The lowest BCUT2D eigenvalue weighted by Crippen LogP contribution is -2.00. The number of benzene rings is 1. The van der Waals surface area contributed by atoms with Crippen LogP contribution >= 0.6 is 0 Å². The van der Waals surface area contributed by atoms with Crippen molar-refractivity contribution in [2.24, 2.45) is 0 Å². The fourth-order valence-electron chi connectivity index (χ4n) is 1.93. The van der Waals surface area contributed by atoms with E-state index in [1.165, 1.54) is 13.4 Å². The van der Waals surface area contributed by atoms with Crippen LogP contribution in [0.25, 0.3) is 0 Å². The van der Waals surface area contributed by atoms with E-state index in [9.17, 15) is 0 Å². The highest BCUT2D eigenvalue weighted by molar-refractivity contribution is 5.49. The van der Waals surface area contributed by atoms with Crippen molar-refractivity contribution in [3.63, 3.8) is 0 Å². The zero-order valence-electron chi connectivity index (χ0n) is 12.1. The molecule has 0 aromatic heterocycles. The minimum absolute atomic E-state index is 0.480. The number of allylic oxidation sites excluding steroid dienone is 2. The molecule has 0 saturated carbocycles. The van der Waals surface area contributed by atoms with Gasteiger partial charge < -0.3 is 14.2 Å². The predicted octanol–water partition coefficient (Wildman–Crippen LogP) is 3.03. The molecule has 0 N–H and O–H groups in total. The first-order valence-electron chi connectivity index (χ1n) is 6.16. The highest BCUT2D eigenvalue weighted by Crippen LogP contribution is 2.32. The number of rotatable bonds is 7. The number of nitrogens with zero attached hydrogens (tertiary/aromatic N) is 1. The lowest BCUT2D eigenvalue weighted by atomic mass is 9.98. The molecule has 0 saturated heterocycles. The molecular formula is C16H19NO3. The van der Waals surface area contributed by atoms with E-state index in [1.54, 1.807) is 14.2 Å². The van der Waals surface area contributed by atoms with Crippen LogP contribution in [0.5, 0.6) is 11.5 Å². The maximum Gasteiger partial charge on any atom is 0.161 e. The summed E-state index contributed by atoms with van der Waals surface area (Å²) < 4.78 is 15.5. The molecule has 4 heteroatoms. The highest BCUT2D eigenvalue weighted by atomic mass is 16.5. The molecule has 0 bridgehead atoms. The van der Waals surface area contributed by atoms with Gasteiger partial charge in [0.2, 0.25) is 0 Å². The van der Waals surface area contributed by atoms with Crippen molar-refractivity contribution in [3.05, 3.63) is 47.7 Å². The Bertz CT molecular complexity index is 541. The summed E-state index contributed by atoms with van der Waals surface area (Å²) in [4.78, 5) is 0. The Hall–Kier alpha value is -2.41. The van der Waals surface area contributed by atoms with Gasteiger partial charge in [-0.05, 0) is 29.7 Å². The molecule has 1 rings (SSSR count). The summed E-state index contributed by atoms with van der Waals surface area (Å²) in [7, 11) is 4.71. The van der Waals surface area contributed by atoms with E-state index in [1.807, 2.05) is 18.2 Å². The van der Waals surface area contributed by atoms with Crippen molar-refractivity contribution in [3.8, 4) is 17.6 Å². The number of hydrogen-bond donors (Lipinski definition) is 0. The molecule has 1 aromatic carbocycles. The van der Waals surface area contributed by atoms with E-state index in [0.29, 0.717) is 29.9 Å². The SMILES string of the molecule is C=CCc1cc(OC)c(OC)cc1CC(C#N)=COC. The van der Waals surface area contributed by atoms with Gasteiger partial charge in [0, 0.05) is 6.42 Å². The Labute approximate surface area is 119 Å². The molecule has 0 heterocycles. The summed E-state index contributed by atoms with van der Waals surface area (Å²) in [6, 6.07) is 5.93. The van der Waals surface area contributed by atoms with Crippen molar-refractivity contribution in [1.29, 1.82) is 5.26 Å². The summed E-state index contributed by atoms with van der Waals surface area (Å²) in [6.45, 7) is 3.75. The van der Waals surface area contributed by atoms with Gasteiger partial charge in [0.05, 0.1) is 39.2 Å². The topological polar surface area (TPSA) is 51.5 Å². The van der Waals surface area contributed by atoms with Crippen LogP contribution in [-0.2, 0) is 17.6 Å². The van der Waals surface area contributed by atoms with Crippen molar-refractivity contribution in [2.75, 3.05) is 21.3 Å². The molecule has 4 nitrogen and oxygen atoms in total. The van der Waals surface area contributed by atoms with E-state index < -0.39 is 0 Å². The second kappa shape index (κ2) is 7.90. The molecule has 0 aliphatic rings. The Morgan fingerprint density at radius 1 is 1.20 bits per heavy atom. The second-order valence-electron chi connectivity index (χ2n) is 4.14. The minimum atomic E-state index is 0.480. The molecule has 0 spiro atoms. The number of ether oxygens (including phenoxy) is 3. The van der Waals surface area contributed by atoms with E-state index in [-0.39, 0.29) is 0 Å². The lowest BCUT2D eigenvalue weighted by Gasteiger charge is -2.14. The lowest BCUT2D eigenvalue weighted by molar-refractivity contribution is 0.334. The van der Waals surface area contributed by atoms with Gasteiger partial charge in [0.1, 0.15) is 0 Å². The van der Waals surface area contributed by atoms with Crippen LogP contribution in [0.15, 0.2) is 36.6 Å². The van der Waals surface area contributed by atoms with Crippen LogP contribution in [0, 0.1) is 11.3 Å². The van der Waals surface area contributed by atoms with Crippen LogP contribution < -0.4 is 9.47 Å². The summed E-state index contributed by atoms with van der Waals surface area (Å²) in [5.41, 5.74) is 2.59. The van der Waals surface area contributed by atoms with Crippen molar-refractivity contribution < 1.29 is 14.2 Å². The maximum absolute atomic E-state index is 9.09. The van der Waals surface area contributed by atoms with Crippen LogP contribution in [0.2, 0.25) is 0 Å². The molecule has 0 radical (unpaired) electrons. The summed E-state index contributed by atoms with van der Waals surface area (Å²) in [6.07, 6.45) is 4.44. The van der Waals surface area contributed by atoms with Crippen LogP contribution in [-0.4, -0.2) is 21.3 Å². The normalized spacial score (nSPS) is 10.6. The Balaban J connectivity index is 3.25. The molecule has 106 valence electrons. The summed E-state index contributed by atoms with van der Waals surface area (Å²) in [5.74, 6) is 1.31. The largest absolute Gasteiger partial charge is 0.503 e. The first-order chi connectivity index (χ1) is 9.69. The van der Waals surface area contributed by atoms with E-state index in [4.69, 9.17) is 19.5 Å². The molecule has 1 aromatic rings. The molecule has 20 heavy (non-hydrogen) atoms. The first kappa shape index (κ1) is 15.6. The molecule has 0 amide bonds. The molecule has 0 fully saturated rings. The van der Waals surface area contributed by atoms with Crippen molar-refractivity contribution >= 4 is 0 Å². The quantitative estimate of drug-likeness (QED) is 0.435. The average molecular weight is 273 g/mol. The fraction of sp³-hybridized carbons (Fsp3) is 0.312. The Morgan fingerprint density at radius 2 is 1.80 bits per heavy atom. The third kappa shape index (κ3) is 3.79. The number of hydrogen-bond acceptors (Lipinski definition) is 4.